The molecule has 0 bridgehead atoms. The summed E-state index contributed by atoms with van der Waals surface area (Å²) in [4.78, 5) is 14.2. The number of likely N-dealkylation sites (N-methyl/N-ethyl adjacent to an activating group) is 1. The third kappa shape index (κ3) is 5.88. The summed E-state index contributed by atoms with van der Waals surface area (Å²) < 4.78 is 10.5. The normalized spacial score (nSPS) is 10.4. The molecule has 0 aliphatic heterocycles. The Labute approximate surface area is 164 Å². The molecule has 0 aliphatic carbocycles. The fraction of sp³-hybridized carbons (Fsp3) is 0.300. The summed E-state index contributed by atoms with van der Waals surface area (Å²) in [6.07, 6.45) is 0.755. The van der Waals surface area contributed by atoms with E-state index in [0.29, 0.717) is 34.3 Å². The van der Waals surface area contributed by atoms with Crippen LogP contribution in [-0.2, 0) is 11.2 Å². The zero-order valence-corrected chi connectivity index (χ0v) is 16.3. The summed E-state index contributed by atoms with van der Waals surface area (Å²) in [5.74, 6) is 1.16. The van der Waals surface area contributed by atoms with E-state index in [1.165, 1.54) is 0 Å². The molecule has 6 nitrogen and oxygen atoms in total. The maximum Gasteiger partial charge on any atom is 0.238 e. The standard InChI is InChI=1S/C20H22ClN3O3/c1-24(9-8-14-4-7-18(26-2)19(10-14)27-3)13-20(25)23-17-11-16(21)6-5-15(17)12-22/h4-7,10-11H,8-9,13H2,1-3H3,(H,23,25). The Balaban J connectivity index is 1.90. The van der Waals surface area contributed by atoms with Crippen molar-refractivity contribution in [2.24, 2.45) is 0 Å². The number of carbonyl (C=O) groups excluding carboxylic acids is 1. The highest BCUT2D eigenvalue weighted by Gasteiger charge is 2.11. The lowest BCUT2D eigenvalue weighted by Crippen LogP contribution is -2.31. The minimum absolute atomic E-state index is 0.199. The van der Waals surface area contributed by atoms with Gasteiger partial charge in [0.1, 0.15) is 6.07 Å². The molecule has 2 rings (SSSR count). The summed E-state index contributed by atoms with van der Waals surface area (Å²) in [6, 6.07) is 12.6. The topological polar surface area (TPSA) is 74.6 Å². The second-order valence-electron chi connectivity index (χ2n) is 6.03. The van der Waals surface area contributed by atoms with Crippen LogP contribution in [-0.4, -0.2) is 45.2 Å². The largest absolute Gasteiger partial charge is 0.493 e. The minimum atomic E-state index is -0.205. The molecule has 0 aliphatic rings. The molecule has 2 aromatic rings. The van der Waals surface area contributed by atoms with Crippen molar-refractivity contribution >= 4 is 23.2 Å². The zero-order chi connectivity index (χ0) is 19.8. The highest BCUT2D eigenvalue weighted by Crippen LogP contribution is 2.27. The van der Waals surface area contributed by atoms with Crippen LogP contribution in [0.25, 0.3) is 0 Å². The number of nitriles is 1. The van der Waals surface area contributed by atoms with Crippen LogP contribution in [0.5, 0.6) is 11.5 Å². The number of anilines is 1. The lowest BCUT2D eigenvalue weighted by Gasteiger charge is -2.17. The molecule has 7 heteroatoms. The van der Waals surface area contributed by atoms with Crippen LogP contribution in [0.1, 0.15) is 11.1 Å². The summed E-state index contributed by atoms with van der Waals surface area (Å²) >= 11 is 5.94. The summed E-state index contributed by atoms with van der Waals surface area (Å²) in [7, 11) is 5.06. The van der Waals surface area contributed by atoms with E-state index < -0.39 is 0 Å². The second kappa shape index (κ2) is 9.81. The lowest BCUT2D eigenvalue weighted by atomic mass is 10.1. The van der Waals surface area contributed by atoms with E-state index in [1.807, 2.05) is 36.2 Å². The highest BCUT2D eigenvalue weighted by molar-refractivity contribution is 6.31. The van der Waals surface area contributed by atoms with Crippen molar-refractivity contribution in [2.75, 3.05) is 39.7 Å². The molecule has 0 fully saturated rings. The average Bonchev–Trinajstić information content (AvgIpc) is 2.66. The van der Waals surface area contributed by atoms with E-state index in [0.717, 1.165) is 12.0 Å². The van der Waals surface area contributed by atoms with Crippen molar-refractivity contribution < 1.29 is 14.3 Å². The molecule has 27 heavy (non-hydrogen) atoms. The predicted molar refractivity (Wildman–Crippen MR) is 106 cm³/mol. The third-order valence-electron chi connectivity index (χ3n) is 4.02. The maximum absolute atomic E-state index is 12.3. The molecule has 0 radical (unpaired) electrons. The number of hydrogen-bond acceptors (Lipinski definition) is 5. The van der Waals surface area contributed by atoms with Gasteiger partial charge in [-0.3, -0.25) is 9.69 Å². The molecule has 1 N–H and O–H groups in total. The monoisotopic (exact) mass is 387 g/mol. The van der Waals surface area contributed by atoms with Crippen molar-refractivity contribution in [2.45, 2.75) is 6.42 Å². The van der Waals surface area contributed by atoms with E-state index in [-0.39, 0.29) is 12.5 Å². The highest BCUT2D eigenvalue weighted by atomic mass is 35.5. The SMILES string of the molecule is COc1ccc(CCN(C)CC(=O)Nc2cc(Cl)ccc2C#N)cc1OC. The first kappa shape index (κ1) is 20.6. The first-order valence-electron chi connectivity index (χ1n) is 8.35. The van der Waals surface area contributed by atoms with E-state index in [4.69, 9.17) is 26.3 Å². The van der Waals surface area contributed by atoms with Crippen LogP contribution < -0.4 is 14.8 Å². The Hall–Kier alpha value is -2.75. The van der Waals surface area contributed by atoms with Gasteiger partial charge in [0.25, 0.3) is 0 Å². The van der Waals surface area contributed by atoms with Crippen LogP contribution in [0.2, 0.25) is 5.02 Å². The van der Waals surface area contributed by atoms with Gasteiger partial charge in [-0.05, 0) is 49.4 Å². The van der Waals surface area contributed by atoms with Crippen molar-refractivity contribution in [3.05, 3.63) is 52.5 Å². The maximum atomic E-state index is 12.3. The molecule has 0 saturated heterocycles. The van der Waals surface area contributed by atoms with Crippen LogP contribution in [0.15, 0.2) is 36.4 Å². The molecule has 0 unspecified atom stereocenters. The molecular weight excluding hydrogens is 366 g/mol. The Morgan fingerprint density at radius 3 is 2.59 bits per heavy atom. The number of halogens is 1. The number of nitrogens with one attached hydrogen (secondary N) is 1. The van der Waals surface area contributed by atoms with Gasteiger partial charge in [-0.15, -0.1) is 0 Å². The molecule has 0 heterocycles. The Morgan fingerprint density at radius 1 is 1.19 bits per heavy atom. The third-order valence-corrected chi connectivity index (χ3v) is 4.25. The molecule has 0 aromatic heterocycles. The van der Waals surface area contributed by atoms with Crippen molar-refractivity contribution in [3.8, 4) is 17.6 Å². The zero-order valence-electron chi connectivity index (χ0n) is 15.6. The van der Waals surface area contributed by atoms with Crippen molar-refractivity contribution in [3.63, 3.8) is 0 Å². The van der Waals surface area contributed by atoms with Gasteiger partial charge in [-0.1, -0.05) is 17.7 Å². The van der Waals surface area contributed by atoms with Crippen molar-refractivity contribution in [1.82, 2.24) is 4.90 Å². The van der Waals surface area contributed by atoms with E-state index in [2.05, 4.69) is 5.32 Å². The number of rotatable bonds is 8. The van der Waals surface area contributed by atoms with Crippen LogP contribution in [0.4, 0.5) is 5.69 Å². The molecule has 0 atom stereocenters. The smallest absolute Gasteiger partial charge is 0.238 e. The number of nitrogens with zero attached hydrogens (tertiary/aromatic N) is 2. The summed E-state index contributed by atoms with van der Waals surface area (Å²) in [5.41, 5.74) is 1.88. The first-order chi connectivity index (χ1) is 13.0. The van der Waals surface area contributed by atoms with Crippen LogP contribution >= 0.6 is 11.6 Å². The fourth-order valence-electron chi connectivity index (χ4n) is 2.59. The first-order valence-corrected chi connectivity index (χ1v) is 8.73. The van der Waals surface area contributed by atoms with Gasteiger partial charge in [0.15, 0.2) is 11.5 Å². The Bertz CT molecular complexity index is 849. The lowest BCUT2D eigenvalue weighted by molar-refractivity contribution is -0.117. The van der Waals surface area contributed by atoms with Gasteiger partial charge in [0.05, 0.1) is 32.0 Å². The molecule has 2 aromatic carbocycles. The molecule has 142 valence electrons. The van der Waals surface area contributed by atoms with Gasteiger partial charge < -0.3 is 14.8 Å². The average molecular weight is 388 g/mol. The Morgan fingerprint density at radius 2 is 1.93 bits per heavy atom. The molecule has 0 saturated carbocycles. The van der Waals surface area contributed by atoms with Gasteiger partial charge in [0, 0.05) is 11.6 Å². The number of ether oxygens (including phenoxy) is 2. The predicted octanol–water partition coefficient (Wildman–Crippen LogP) is 3.34. The minimum Gasteiger partial charge on any atom is -0.493 e. The van der Waals surface area contributed by atoms with E-state index in [9.17, 15) is 4.79 Å². The number of carbonyl (C=O) groups is 1. The second-order valence-corrected chi connectivity index (χ2v) is 6.46. The number of benzene rings is 2. The van der Waals surface area contributed by atoms with E-state index in [1.54, 1.807) is 32.4 Å². The van der Waals surface area contributed by atoms with Gasteiger partial charge in [0.2, 0.25) is 5.91 Å². The van der Waals surface area contributed by atoms with Crippen molar-refractivity contribution in [1.29, 1.82) is 5.26 Å². The molecular formula is C20H22ClN3O3. The van der Waals surface area contributed by atoms with Crippen LogP contribution in [0.3, 0.4) is 0 Å². The number of amides is 1. The van der Waals surface area contributed by atoms with Crippen LogP contribution in [0, 0.1) is 11.3 Å². The van der Waals surface area contributed by atoms with E-state index >= 15 is 0 Å². The molecule has 1 amide bonds. The summed E-state index contributed by atoms with van der Waals surface area (Å²) in [6.45, 7) is 0.883. The quantitative estimate of drug-likeness (QED) is 0.751. The summed E-state index contributed by atoms with van der Waals surface area (Å²) in [5, 5.41) is 12.3. The van der Waals surface area contributed by atoms with Gasteiger partial charge in [-0.2, -0.15) is 5.26 Å². The Kier molecular flexibility index (Phi) is 7.47. The molecule has 0 spiro atoms. The number of methoxy groups -OCH3 is 2. The van der Waals surface area contributed by atoms with Gasteiger partial charge >= 0.3 is 0 Å². The van der Waals surface area contributed by atoms with Gasteiger partial charge in [-0.25, -0.2) is 0 Å². The number of hydrogen-bond donors (Lipinski definition) is 1. The fourth-order valence-corrected chi connectivity index (χ4v) is 2.76.